The summed E-state index contributed by atoms with van der Waals surface area (Å²) in [5.74, 6) is -2.28. The monoisotopic (exact) mass is 495 g/mol. The highest BCUT2D eigenvalue weighted by Gasteiger charge is 2.26. The van der Waals surface area contributed by atoms with E-state index in [-0.39, 0.29) is 31.0 Å². The zero-order valence-electron chi connectivity index (χ0n) is 20.3. The molecule has 1 amide bonds. The van der Waals surface area contributed by atoms with Gasteiger partial charge >= 0.3 is 17.9 Å². The normalized spacial score (nSPS) is 11.7. The molecule has 2 aromatic carbocycles. The smallest absolute Gasteiger partial charge is 0.343 e. The van der Waals surface area contributed by atoms with Gasteiger partial charge in [0.05, 0.1) is 25.2 Å². The second-order valence-corrected chi connectivity index (χ2v) is 7.56. The highest BCUT2D eigenvalue weighted by atomic mass is 16.5. The molecule has 0 saturated heterocycles. The Morgan fingerprint density at radius 2 is 1.53 bits per heavy atom. The Morgan fingerprint density at radius 3 is 2.08 bits per heavy atom. The zero-order valence-corrected chi connectivity index (χ0v) is 20.3. The average Bonchev–Trinajstić information content (AvgIpc) is 2.84. The molecule has 4 N–H and O–H groups in total. The molecule has 0 aromatic heterocycles. The van der Waals surface area contributed by atoms with E-state index in [0.29, 0.717) is 22.4 Å². The standard InChI is InChI=1S/C26H29N3O7/c1-4-34-22(30)15-21(26(33)35-5-2)29-24(31)16(3)14-17-6-8-19(9-7-17)25(32)36-20-12-10-18(11-13-20)23(27)28/h6-14,21H,4-5,15H2,1-3H3,(H3,27,28)(H,29,31). The Labute approximate surface area is 208 Å². The molecule has 2 rings (SSSR count). The predicted molar refractivity (Wildman–Crippen MR) is 132 cm³/mol. The van der Waals surface area contributed by atoms with Crippen molar-refractivity contribution in [3.05, 3.63) is 70.8 Å². The second-order valence-electron chi connectivity index (χ2n) is 7.56. The van der Waals surface area contributed by atoms with E-state index in [0.717, 1.165) is 0 Å². The van der Waals surface area contributed by atoms with Crippen LogP contribution >= 0.6 is 0 Å². The number of hydrogen-bond acceptors (Lipinski definition) is 8. The highest BCUT2D eigenvalue weighted by molar-refractivity contribution is 6.00. The van der Waals surface area contributed by atoms with Gasteiger partial charge < -0.3 is 25.3 Å². The number of ether oxygens (including phenoxy) is 3. The lowest BCUT2D eigenvalue weighted by atomic mass is 10.1. The van der Waals surface area contributed by atoms with Gasteiger partial charge in [-0.15, -0.1) is 0 Å². The molecule has 1 atom stereocenters. The minimum atomic E-state index is -1.18. The number of hydrogen-bond donors (Lipinski definition) is 3. The molecule has 0 aliphatic carbocycles. The van der Waals surface area contributed by atoms with Gasteiger partial charge in [0.2, 0.25) is 5.91 Å². The van der Waals surface area contributed by atoms with E-state index in [2.05, 4.69) is 5.32 Å². The minimum absolute atomic E-state index is 0.0871. The molecule has 2 aromatic rings. The summed E-state index contributed by atoms with van der Waals surface area (Å²) >= 11 is 0. The SMILES string of the molecule is CCOC(=O)CC(NC(=O)C(C)=Cc1ccc(C(=O)Oc2ccc(C(=N)N)cc2)cc1)C(=O)OCC. The molecule has 10 nitrogen and oxygen atoms in total. The molecule has 0 aliphatic rings. The van der Waals surface area contributed by atoms with Crippen LogP contribution in [0.15, 0.2) is 54.1 Å². The van der Waals surface area contributed by atoms with Crippen LogP contribution in [0.2, 0.25) is 0 Å². The van der Waals surface area contributed by atoms with Crippen molar-refractivity contribution in [3.8, 4) is 5.75 Å². The summed E-state index contributed by atoms with van der Waals surface area (Å²) in [6.45, 7) is 5.06. The van der Waals surface area contributed by atoms with Gasteiger partial charge in [0, 0.05) is 11.1 Å². The molecule has 0 fully saturated rings. The molecule has 190 valence electrons. The first kappa shape index (κ1) is 27.8. The molecule has 10 heteroatoms. The number of carbonyl (C=O) groups excluding carboxylic acids is 4. The predicted octanol–water partition coefficient (Wildman–Crippen LogP) is 2.59. The van der Waals surface area contributed by atoms with Crippen LogP contribution in [-0.4, -0.2) is 48.9 Å². The van der Waals surface area contributed by atoms with Crippen molar-refractivity contribution in [2.75, 3.05) is 13.2 Å². The summed E-state index contributed by atoms with van der Waals surface area (Å²) in [5.41, 5.74) is 7.12. The first-order chi connectivity index (χ1) is 17.1. The van der Waals surface area contributed by atoms with Crippen LogP contribution in [0.4, 0.5) is 0 Å². The number of benzene rings is 2. The molecule has 0 heterocycles. The molecular formula is C26H29N3O7. The van der Waals surface area contributed by atoms with Crippen LogP contribution < -0.4 is 15.8 Å². The number of carbonyl (C=O) groups is 4. The Balaban J connectivity index is 2.04. The summed E-state index contributed by atoms with van der Waals surface area (Å²) in [7, 11) is 0. The second kappa shape index (κ2) is 13.4. The summed E-state index contributed by atoms with van der Waals surface area (Å²) < 4.78 is 15.1. The van der Waals surface area contributed by atoms with Crippen molar-refractivity contribution < 1.29 is 33.4 Å². The van der Waals surface area contributed by atoms with Gasteiger partial charge in [0.1, 0.15) is 17.6 Å². The minimum Gasteiger partial charge on any atom is -0.466 e. The number of amidine groups is 1. The van der Waals surface area contributed by atoms with Crippen LogP contribution in [0.3, 0.4) is 0 Å². The average molecular weight is 496 g/mol. The molecule has 1 unspecified atom stereocenters. The van der Waals surface area contributed by atoms with Crippen molar-refractivity contribution in [2.45, 2.75) is 33.2 Å². The Hall–Kier alpha value is -4.47. The van der Waals surface area contributed by atoms with Gasteiger partial charge in [-0.3, -0.25) is 15.0 Å². The van der Waals surface area contributed by atoms with Gasteiger partial charge in [0.15, 0.2) is 0 Å². The van der Waals surface area contributed by atoms with Crippen LogP contribution in [0.5, 0.6) is 5.75 Å². The van der Waals surface area contributed by atoms with Crippen LogP contribution in [-0.2, 0) is 23.9 Å². The zero-order chi connectivity index (χ0) is 26.7. The molecule has 36 heavy (non-hydrogen) atoms. The third-order valence-electron chi connectivity index (χ3n) is 4.82. The molecule has 0 aliphatic heterocycles. The maximum Gasteiger partial charge on any atom is 0.343 e. The van der Waals surface area contributed by atoms with E-state index in [1.54, 1.807) is 75.4 Å². The van der Waals surface area contributed by atoms with Gasteiger partial charge in [-0.25, -0.2) is 9.59 Å². The molecule has 0 spiro atoms. The van der Waals surface area contributed by atoms with Crippen molar-refractivity contribution in [1.82, 2.24) is 5.32 Å². The van der Waals surface area contributed by atoms with Gasteiger partial charge in [-0.1, -0.05) is 12.1 Å². The first-order valence-electron chi connectivity index (χ1n) is 11.2. The summed E-state index contributed by atoms with van der Waals surface area (Å²) in [6.07, 6.45) is 1.22. The van der Waals surface area contributed by atoms with E-state index in [1.165, 1.54) is 0 Å². The number of nitrogen functional groups attached to an aromatic ring is 1. The topological polar surface area (TPSA) is 158 Å². The lowest BCUT2D eigenvalue weighted by Gasteiger charge is -2.16. The van der Waals surface area contributed by atoms with E-state index < -0.39 is 29.9 Å². The van der Waals surface area contributed by atoms with Crippen LogP contribution in [0, 0.1) is 5.41 Å². The fraction of sp³-hybridized carbons (Fsp3) is 0.269. The van der Waals surface area contributed by atoms with Crippen molar-refractivity contribution in [2.24, 2.45) is 5.73 Å². The van der Waals surface area contributed by atoms with E-state index >= 15 is 0 Å². The Kier molecular flexibility index (Phi) is 10.4. The molecular weight excluding hydrogens is 466 g/mol. The van der Waals surface area contributed by atoms with E-state index in [4.69, 9.17) is 25.4 Å². The van der Waals surface area contributed by atoms with Gasteiger partial charge in [-0.05, 0) is 68.8 Å². The number of esters is 3. The lowest BCUT2D eigenvalue weighted by Crippen LogP contribution is -2.43. The molecule has 0 bridgehead atoms. The van der Waals surface area contributed by atoms with Gasteiger partial charge in [-0.2, -0.15) is 0 Å². The lowest BCUT2D eigenvalue weighted by molar-refractivity contribution is -0.153. The fourth-order valence-corrected chi connectivity index (χ4v) is 2.99. The quantitative estimate of drug-likeness (QED) is 0.141. The first-order valence-corrected chi connectivity index (χ1v) is 11.2. The number of amides is 1. The summed E-state index contributed by atoms with van der Waals surface area (Å²) in [4.78, 5) is 49.0. The van der Waals surface area contributed by atoms with Crippen molar-refractivity contribution >= 4 is 35.7 Å². The molecule has 0 saturated carbocycles. The van der Waals surface area contributed by atoms with Crippen molar-refractivity contribution in [3.63, 3.8) is 0 Å². The largest absolute Gasteiger partial charge is 0.466 e. The number of nitrogens with two attached hydrogens (primary N) is 1. The number of rotatable bonds is 11. The third-order valence-corrected chi connectivity index (χ3v) is 4.82. The van der Waals surface area contributed by atoms with Gasteiger partial charge in [0.25, 0.3) is 0 Å². The Morgan fingerprint density at radius 1 is 0.944 bits per heavy atom. The fourth-order valence-electron chi connectivity index (χ4n) is 2.99. The molecule has 0 radical (unpaired) electrons. The van der Waals surface area contributed by atoms with Crippen LogP contribution in [0.25, 0.3) is 6.08 Å². The summed E-state index contributed by atoms with van der Waals surface area (Å²) in [6, 6.07) is 11.4. The Bertz CT molecular complexity index is 1140. The maximum absolute atomic E-state index is 12.6. The van der Waals surface area contributed by atoms with Crippen LogP contribution in [0.1, 0.15) is 48.7 Å². The number of nitrogens with one attached hydrogen (secondary N) is 2. The highest BCUT2D eigenvalue weighted by Crippen LogP contribution is 2.16. The third kappa shape index (κ3) is 8.39. The summed E-state index contributed by atoms with van der Waals surface area (Å²) in [5, 5.41) is 9.89. The van der Waals surface area contributed by atoms with E-state index in [9.17, 15) is 19.2 Å². The van der Waals surface area contributed by atoms with E-state index in [1.807, 2.05) is 0 Å². The van der Waals surface area contributed by atoms with Crippen molar-refractivity contribution in [1.29, 1.82) is 5.41 Å². The maximum atomic E-state index is 12.6.